The first-order valence-corrected chi connectivity index (χ1v) is 6.64. The molecule has 0 saturated carbocycles. The maximum absolute atomic E-state index is 13.0. The molecule has 1 aromatic rings. The second-order valence-electron chi connectivity index (χ2n) is 5.31. The average Bonchev–Trinajstić information content (AvgIpc) is 2.32. The molecule has 2 nitrogen and oxygen atoms in total. The molecule has 0 fully saturated rings. The van der Waals surface area contributed by atoms with E-state index in [0.29, 0.717) is 18.0 Å². The van der Waals surface area contributed by atoms with Crippen LogP contribution in [0.25, 0.3) is 0 Å². The van der Waals surface area contributed by atoms with Crippen molar-refractivity contribution in [2.24, 2.45) is 5.41 Å². The van der Waals surface area contributed by atoms with E-state index in [1.54, 1.807) is 0 Å². The molecule has 0 radical (unpaired) electrons. The molecule has 106 valence electrons. The van der Waals surface area contributed by atoms with Gasteiger partial charge in [0.2, 0.25) is 5.91 Å². The SMILES string of the molecule is CC(C)(CCCl)CNC(=O)Cc1ccc(F)c(F)c1. The van der Waals surface area contributed by atoms with Crippen LogP contribution in [0, 0.1) is 17.0 Å². The molecule has 0 aliphatic rings. The highest BCUT2D eigenvalue weighted by Gasteiger charge is 2.18. The van der Waals surface area contributed by atoms with Crippen molar-refractivity contribution in [2.75, 3.05) is 12.4 Å². The molecular formula is C14H18ClF2NO. The van der Waals surface area contributed by atoms with Gasteiger partial charge in [-0.2, -0.15) is 0 Å². The fourth-order valence-corrected chi connectivity index (χ4v) is 2.09. The van der Waals surface area contributed by atoms with Crippen molar-refractivity contribution < 1.29 is 13.6 Å². The van der Waals surface area contributed by atoms with Gasteiger partial charge in [-0.05, 0) is 29.5 Å². The summed E-state index contributed by atoms with van der Waals surface area (Å²) in [7, 11) is 0. The molecule has 1 aromatic carbocycles. The van der Waals surface area contributed by atoms with E-state index < -0.39 is 11.6 Å². The molecule has 0 heterocycles. The molecule has 1 N–H and O–H groups in total. The lowest BCUT2D eigenvalue weighted by Crippen LogP contribution is -2.35. The lowest BCUT2D eigenvalue weighted by molar-refractivity contribution is -0.120. The molecule has 19 heavy (non-hydrogen) atoms. The second-order valence-corrected chi connectivity index (χ2v) is 5.68. The van der Waals surface area contributed by atoms with Crippen molar-refractivity contribution in [1.82, 2.24) is 5.32 Å². The first-order chi connectivity index (χ1) is 8.84. The third kappa shape index (κ3) is 5.55. The van der Waals surface area contributed by atoms with Gasteiger partial charge in [0.25, 0.3) is 0 Å². The minimum Gasteiger partial charge on any atom is -0.355 e. The van der Waals surface area contributed by atoms with Crippen LogP contribution in [-0.2, 0) is 11.2 Å². The standard InChI is InChI=1S/C14H18ClF2NO/c1-14(2,5-6-15)9-18-13(19)8-10-3-4-11(16)12(17)7-10/h3-4,7H,5-6,8-9H2,1-2H3,(H,18,19). The van der Waals surface area contributed by atoms with Crippen LogP contribution < -0.4 is 5.32 Å². The van der Waals surface area contributed by atoms with E-state index in [1.807, 2.05) is 13.8 Å². The molecule has 0 bridgehead atoms. The Bertz CT molecular complexity index is 449. The largest absolute Gasteiger partial charge is 0.355 e. The van der Waals surface area contributed by atoms with E-state index in [4.69, 9.17) is 11.6 Å². The van der Waals surface area contributed by atoms with Crippen LogP contribution in [0.5, 0.6) is 0 Å². The second kappa shape index (κ2) is 6.85. The van der Waals surface area contributed by atoms with E-state index in [1.165, 1.54) is 6.07 Å². The van der Waals surface area contributed by atoms with Crippen molar-refractivity contribution >= 4 is 17.5 Å². The molecule has 1 rings (SSSR count). The summed E-state index contributed by atoms with van der Waals surface area (Å²) < 4.78 is 25.7. The number of carbonyl (C=O) groups excluding carboxylic acids is 1. The summed E-state index contributed by atoms with van der Waals surface area (Å²) in [5.74, 6) is -1.53. The fraction of sp³-hybridized carbons (Fsp3) is 0.500. The maximum Gasteiger partial charge on any atom is 0.224 e. The van der Waals surface area contributed by atoms with Crippen LogP contribution in [-0.4, -0.2) is 18.3 Å². The van der Waals surface area contributed by atoms with Gasteiger partial charge in [-0.15, -0.1) is 11.6 Å². The lowest BCUT2D eigenvalue weighted by atomic mass is 9.90. The molecular weight excluding hydrogens is 272 g/mol. The topological polar surface area (TPSA) is 29.1 Å². The van der Waals surface area contributed by atoms with Gasteiger partial charge >= 0.3 is 0 Å². The van der Waals surface area contributed by atoms with E-state index >= 15 is 0 Å². The predicted octanol–water partition coefficient (Wildman–Crippen LogP) is 3.28. The number of rotatable bonds is 6. The summed E-state index contributed by atoms with van der Waals surface area (Å²) in [6.45, 7) is 4.52. The van der Waals surface area contributed by atoms with Crippen LogP contribution in [0.1, 0.15) is 25.8 Å². The highest BCUT2D eigenvalue weighted by Crippen LogP contribution is 2.19. The minimum absolute atomic E-state index is 0.0359. The van der Waals surface area contributed by atoms with Crippen LogP contribution in [0.15, 0.2) is 18.2 Å². The number of amides is 1. The normalized spacial score (nSPS) is 11.4. The summed E-state index contributed by atoms with van der Waals surface area (Å²) in [6, 6.07) is 3.47. The molecule has 0 saturated heterocycles. The fourth-order valence-electron chi connectivity index (χ4n) is 1.58. The Morgan fingerprint density at radius 1 is 1.32 bits per heavy atom. The third-order valence-corrected chi connectivity index (χ3v) is 3.07. The number of nitrogens with one attached hydrogen (secondary N) is 1. The van der Waals surface area contributed by atoms with Crippen LogP contribution in [0.4, 0.5) is 8.78 Å². The van der Waals surface area contributed by atoms with E-state index in [0.717, 1.165) is 18.6 Å². The number of halogens is 3. The Balaban J connectivity index is 2.49. The van der Waals surface area contributed by atoms with Gasteiger partial charge in [0.05, 0.1) is 6.42 Å². The average molecular weight is 290 g/mol. The molecule has 0 aliphatic carbocycles. The molecule has 5 heteroatoms. The number of hydrogen-bond acceptors (Lipinski definition) is 1. The van der Waals surface area contributed by atoms with Crippen molar-refractivity contribution in [1.29, 1.82) is 0 Å². The van der Waals surface area contributed by atoms with Gasteiger partial charge in [-0.3, -0.25) is 4.79 Å². The summed E-state index contributed by atoms with van der Waals surface area (Å²) in [5, 5.41) is 2.78. The van der Waals surface area contributed by atoms with E-state index in [-0.39, 0.29) is 17.7 Å². The summed E-state index contributed by atoms with van der Waals surface area (Å²) in [4.78, 5) is 11.7. The first-order valence-electron chi connectivity index (χ1n) is 6.11. The highest BCUT2D eigenvalue weighted by atomic mass is 35.5. The van der Waals surface area contributed by atoms with Gasteiger partial charge in [-0.1, -0.05) is 19.9 Å². The smallest absolute Gasteiger partial charge is 0.224 e. The van der Waals surface area contributed by atoms with Crippen LogP contribution in [0.2, 0.25) is 0 Å². The monoisotopic (exact) mass is 289 g/mol. The molecule has 1 amide bonds. The first kappa shape index (κ1) is 15.9. The van der Waals surface area contributed by atoms with Crippen molar-refractivity contribution in [2.45, 2.75) is 26.7 Å². The van der Waals surface area contributed by atoms with Gasteiger partial charge in [0, 0.05) is 12.4 Å². The van der Waals surface area contributed by atoms with Gasteiger partial charge in [0.15, 0.2) is 11.6 Å². The van der Waals surface area contributed by atoms with Crippen LogP contribution in [0.3, 0.4) is 0 Å². The third-order valence-electron chi connectivity index (χ3n) is 2.88. The van der Waals surface area contributed by atoms with Gasteiger partial charge in [0.1, 0.15) is 0 Å². The summed E-state index contributed by atoms with van der Waals surface area (Å²) >= 11 is 5.67. The number of carbonyl (C=O) groups is 1. The Kier molecular flexibility index (Phi) is 5.73. The van der Waals surface area contributed by atoms with Crippen molar-refractivity contribution in [3.63, 3.8) is 0 Å². The Morgan fingerprint density at radius 2 is 2.00 bits per heavy atom. The predicted molar refractivity (Wildman–Crippen MR) is 72.2 cm³/mol. The van der Waals surface area contributed by atoms with Gasteiger partial charge < -0.3 is 5.32 Å². The maximum atomic E-state index is 13.0. The zero-order valence-corrected chi connectivity index (χ0v) is 11.9. The van der Waals surface area contributed by atoms with Gasteiger partial charge in [-0.25, -0.2) is 8.78 Å². The van der Waals surface area contributed by atoms with Crippen LogP contribution >= 0.6 is 11.6 Å². The number of hydrogen-bond donors (Lipinski definition) is 1. The Labute approximate surface area is 117 Å². The Morgan fingerprint density at radius 3 is 2.58 bits per heavy atom. The zero-order chi connectivity index (χ0) is 14.5. The lowest BCUT2D eigenvalue weighted by Gasteiger charge is -2.23. The number of alkyl halides is 1. The van der Waals surface area contributed by atoms with E-state index in [9.17, 15) is 13.6 Å². The minimum atomic E-state index is -0.937. The number of benzene rings is 1. The molecule has 0 atom stereocenters. The molecule has 0 aromatic heterocycles. The van der Waals surface area contributed by atoms with Crippen molar-refractivity contribution in [3.8, 4) is 0 Å². The summed E-state index contributed by atoms with van der Waals surface area (Å²) in [5.41, 5.74) is 0.373. The molecule has 0 spiro atoms. The summed E-state index contributed by atoms with van der Waals surface area (Å²) in [6.07, 6.45) is 0.828. The quantitative estimate of drug-likeness (QED) is 0.800. The Hall–Kier alpha value is -1.16. The molecule has 0 aliphatic heterocycles. The van der Waals surface area contributed by atoms with Crippen molar-refractivity contribution in [3.05, 3.63) is 35.4 Å². The zero-order valence-electron chi connectivity index (χ0n) is 11.1. The van der Waals surface area contributed by atoms with E-state index in [2.05, 4.69) is 5.32 Å². The molecule has 0 unspecified atom stereocenters. The highest BCUT2D eigenvalue weighted by molar-refractivity contribution is 6.17.